The molecule has 2 rings (SSSR count). The zero-order chi connectivity index (χ0) is 15.2. The maximum Gasteiger partial charge on any atom is 0.253 e. The van der Waals surface area contributed by atoms with Crippen LogP contribution < -0.4 is 0 Å². The molecule has 0 spiro atoms. The van der Waals surface area contributed by atoms with Crippen LogP contribution in [0.15, 0.2) is 35.7 Å². The minimum Gasteiger partial charge on any atom is -0.384 e. The third-order valence-corrected chi connectivity index (χ3v) is 3.91. The average Bonchev–Trinajstić information content (AvgIpc) is 2.91. The highest BCUT2D eigenvalue weighted by Crippen LogP contribution is 2.17. The van der Waals surface area contributed by atoms with Gasteiger partial charge in [-0.2, -0.15) is 0 Å². The summed E-state index contributed by atoms with van der Waals surface area (Å²) in [7, 11) is 1.75. The smallest absolute Gasteiger partial charge is 0.253 e. The van der Waals surface area contributed by atoms with Gasteiger partial charge in [0, 0.05) is 24.2 Å². The number of nitrogens with zero attached hydrogens (tertiary/aromatic N) is 1. The van der Waals surface area contributed by atoms with Gasteiger partial charge in [-0.25, -0.2) is 0 Å². The zero-order valence-corrected chi connectivity index (χ0v) is 13.0. The van der Waals surface area contributed by atoms with Crippen molar-refractivity contribution in [1.29, 1.82) is 0 Å². The fourth-order valence-corrected chi connectivity index (χ4v) is 2.80. The highest BCUT2D eigenvalue weighted by Gasteiger charge is 2.12. The van der Waals surface area contributed by atoms with Crippen LogP contribution in [-0.2, 0) is 6.54 Å². The van der Waals surface area contributed by atoms with Crippen molar-refractivity contribution in [3.05, 3.63) is 56.7 Å². The summed E-state index contributed by atoms with van der Waals surface area (Å²) in [5, 5.41) is 11.2. The van der Waals surface area contributed by atoms with Crippen LogP contribution in [-0.4, -0.2) is 29.6 Å². The van der Waals surface area contributed by atoms with Crippen molar-refractivity contribution in [3.8, 4) is 11.8 Å². The summed E-state index contributed by atoms with van der Waals surface area (Å²) >= 11 is 7.40. The first-order chi connectivity index (χ1) is 10.1. The van der Waals surface area contributed by atoms with E-state index in [4.69, 9.17) is 16.7 Å². The van der Waals surface area contributed by atoms with Crippen molar-refractivity contribution in [1.82, 2.24) is 4.90 Å². The molecule has 0 bridgehead atoms. The maximum atomic E-state index is 12.3. The van der Waals surface area contributed by atoms with Gasteiger partial charge in [0.05, 0.1) is 4.88 Å². The molecule has 0 fully saturated rings. The van der Waals surface area contributed by atoms with Gasteiger partial charge in [-0.1, -0.05) is 29.5 Å². The first-order valence-electron chi connectivity index (χ1n) is 6.28. The van der Waals surface area contributed by atoms with E-state index in [1.165, 1.54) is 11.3 Å². The quantitative estimate of drug-likeness (QED) is 0.883. The Morgan fingerprint density at radius 1 is 1.43 bits per heavy atom. The van der Waals surface area contributed by atoms with E-state index in [-0.39, 0.29) is 12.5 Å². The van der Waals surface area contributed by atoms with E-state index in [9.17, 15) is 4.79 Å². The second-order valence-electron chi connectivity index (χ2n) is 4.45. The molecule has 0 unspecified atom stereocenters. The molecule has 108 valence electrons. The van der Waals surface area contributed by atoms with Crippen molar-refractivity contribution in [3.63, 3.8) is 0 Å². The predicted octanol–water partition coefficient (Wildman–Crippen LogP) is 3.02. The lowest BCUT2D eigenvalue weighted by Gasteiger charge is -2.16. The summed E-state index contributed by atoms with van der Waals surface area (Å²) in [5.41, 5.74) is 1.58. The second-order valence-corrected chi connectivity index (χ2v) is 5.80. The molecule has 1 heterocycles. The standard InChI is InChI=1S/C16H14ClNO2S/c1-18(16(20)13-4-2-5-14(17)9-13)10-12-8-15(21-11-12)6-3-7-19/h2,4-5,8-9,11,19H,7,10H2,1H3. The van der Waals surface area contributed by atoms with E-state index in [1.807, 2.05) is 11.4 Å². The van der Waals surface area contributed by atoms with E-state index in [1.54, 1.807) is 36.2 Å². The molecule has 2 aromatic rings. The Bertz CT molecular complexity index is 700. The summed E-state index contributed by atoms with van der Waals surface area (Å²) in [6.07, 6.45) is 0. The van der Waals surface area contributed by atoms with Crippen molar-refractivity contribution in [2.45, 2.75) is 6.54 Å². The van der Waals surface area contributed by atoms with Crippen LogP contribution in [0.2, 0.25) is 5.02 Å². The number of hydrogen-bond acceptors (Lipinski definition) is 3. The van der Waals surface area contributed by atoms with Crippen LogP contribution in [0.25, 0.3) is 0 Å². The van der Waals surface area contributed by atoms with Gasteiger partial charge in [-0.15, -0.1) is 11.3 Å². The lowest BCUT2D eigenvalue weighted by molar-refractivity contribution is 0.0785. The Balaban J connectivity index is 2.05. The van der Waals surface area contributed by atoms with Gasteiger partial charge in [0.1, 0.15) is 6.61 Å². The van der Waals surface area contributed by atoms with Gasteiger partial charge in [-0.3, -0.25) is 4.79 Å². The van der Waals surface area contributed by atoms with Gasteiger partial charge >= 0.3 is 0 Å². The molecule has 0 saturated carbocycles. The molecule has 0 radical (unpaired) electrons. The number of benzene rings is 1. The Kier molecular flexibility index (Phi) is 5.40. The predicted molar refractivity (Wildman–Crippen MR) is 85.5 cm³/mol. The molecule has 1 aromatic carbocycles. The number of amides is 1. The molecule has 0 saturated heterocycles. The molecule has 0 atom stereocenters. The number of halogens is 1. The molecule has 0 aliphatic rings. The number of thiophene rings is 1. The Labute approximate surface area is 132 Å². The largest absolute Gasteiger partial charge is 0.384 e. The van der Waals surface area contributed by atoms with Gasteiger partial charge in [-0.05, 0) is 35.2 Å². The van der Waals surface area contributed by atoms with E-state index in [2.05, 4.69) is 11.8 Å². The van der Waals surface area contributed by atoms with Crippen molar-refractivity contribution >= 4 is 28.8 Å². The molecular formula is C16H14ClNO2S. The van der Waals surface area contributed by atoms with E-state index < -0.39 is 0 Å². The summed E-state index contributed by atoms with van der Waals surface area (Å²) in [5.74, 6) is 5.38. The summed E-state index contributed by atoms with van der Waals surface area (Å²) < 4.78 is 0. The molecule has 3 nitrogen and oxygen atoms in total. The molecule has 1 aromatic heterocycles. The third-order valence-electron chi connectivity index (χ3n) is 2.78. The van der Waals surface area contributed by atoms with Crippen LogP contribution in [0.1, 0.15) is 20.8 Å². The number of carbonyl (C=O) groups is 1. The topological polar surface area (TPSA) is 40.5 Å². The fraction of sp³-hybridized carbons (Fsp3) is 0.188. The van der Waals surface area contributed by atoms with Crippen molar-refractivity contribution in [2.24, 2.45) is 0 Å². The van der Waals surface area contributed by atoms with Crippen LogP contribution in [0, 0.1) is 11.8 Å². The normalized spacial score (nSPS) is 9.86. The highest BCUT2D eigenvalue weighted by molar-refractivity contribution is 7.10. The Morgan fingerprint density at radius 2 is 2.24 bits per heavy atom. The van der Waals surface area contributed by atoms with Gasteiger partial charge < -0.3 is 10.0 Å². The third kappa shape index (κ3) is 4.33. The van der Waals surface area contributed by atoms with E-state index in [0.29, 0.717) is 17.1 Å². The molecule has 0 aliphatic heterocycles. The molecule has 0 aliphatic carbocycles. The summed E-state index contributed by atoms with van der Waals surface area (Å²) in [4.78, 5) is 14.8. The van der Waals surface area contributed by atoms with Crippen molar-refractivity contribution < 1.29 is 9.90 Å². The monoisotopic (exact) mass is 319 g/mol. The van der Waals surface area contributed by atoms with Gasteiger partial charge in [0.25, 0.3) is 5.91 Å². The maximum absolute atomic E-state index is 12.3. The van der Waals surface area contributed by atoms with Crippen LogP contribution in [0.3, 0.4) is 0 Å². The Hall–Kier alpha value is -1.80. The average molecular weight is 320 g/mol. The molecule has 21 heavy (non-hydrogen) atoms. The molecule has 5 heteroatoms. The van der Waals surface area contributed by atoms with Crippen LogP contribution in [0.5, 0.6) is 0 Å². The number of rotatable bonds is 3. The number of hydrogen-bond donors (Lipinski definition) is 1. The first kappa shape index (κ1) is 15.6. The Morgan fingerprint density at radius 3 is 2.95 bits per heavy atom. The summed E-state index contributed by atoms with van der Waals surface area (Å²) in [6.45, 7) is 0.350. The van der Waals surface area contributed by atoms with Crippen molar-refractivity contribution in [2.75, 3.05) is 13.7 Å². The number of aliphatic hydroxyl groups is 1. The second kappa shape index (κ2) is 7.28. The molecule has 1 N–H and O–H groups in total. The SMILES string of the molecule is CN(Cc1csc(C#CCO)c1)C(=O)c1cccc(Cl)c1. The first-order valence-corrected chi connectivity index (χ1v) is 7.54. The molecular weight excluding hydrogens is 306 g/mol. The van der Waals surface area contributed by atoms with Crippen LogP contribution in [0.4, 0.5) is 0 Å². The van der Waals surface area contributed by atoms with Crippen LogP contribution >= 0.6 is 22.9 Å². The van der Waals surface area contributed by atoms with Gasteiger partial charge in [0.15, 0.2) is 0 Å². The fourth-order valence-electron chi connectivity index (χ4n) is 1.84. The molecule has 1 amide bonds. The number of carbonyl (C=O) groups excluding carboxylic acids is 1. The zero-order valence-electron chi connectivity index (χ0n) is 11.5. The summed E-state index contributed by atoms with van der Waals surface area (Å²) in [6, 6.07) is 8.83. The minimum atomic E-state index is -0.152. The minimum absolute atomic E-state index is 0.0771. The van der Waals surface area contributed by atoms with Gasteiger partial charge in [0.2, 0.25) is 0 Å². The lowest BCUT2D eigenvalue weighted by Crippen LogP contribution is -2.25. The lowest BCUT2D eigenvalue weighted by atomic mass is 10.2. The number of aliphatic hydroxyl groups excluding tert-OH is 1. The highest BCUT2D eigenvalue weighted by atomic mass is 35.5. The van der Waals surface area contributed by atoms with E-state index >= 15 is 0 Å². The van der Waals surface area contributed by atoms with E-state index in [0.717, 1.165) is 10.4 Å².